The van der Waals surface area contributed by atoms with Crippen molar-refractivity contribution in [2.75, 3.05) is 0 Å². The maximum atomic E-state index is 13.0. The summed E-state index contributed by atoms with van der Waals surface area (Å²) in [5, 5.41) is 2.24. The van der Waals surface area contributed by atoms with Crippen molar-refractivity contribution < 1.29 is 28.9 Å². The van der Waals surface area contributed by atoms with Crippen LogP contribution in [0.25, 0.3) is 44.5 Å². The zero-order valence-corrected chi connectivity index (χ0v) is 29.4. The number of hydrogen-bond donors (Lipinski definition) is 0. The minimum atomic E-state index is -1.93. The van der Waals surface area contributed by atoms with Gasteiger partial charge in [0.05, 0.1) is 5.58 Å². The summed E-state index contributed by atoms with van der Waals surface area (Å²) >= 11 is -1.93. The van der Waals surface area contributed by atoms with E-state index in [0.717, 1.165) is 50.9 Å². The van der Waals surface area contributed by atoms with Crippen LogP contribution in [0.3, 0.4) is 0 Å². The van der Waals surface area contributed by atoms with Crippen molar-refractivity contribution in [3.63, 3.8) is 0 Å². The first-order valence-corrected chi connectivity index (χ1v) is 21.4. The summed E-state index contributed by atoms with van der Waals surface area (Å²) in [6.07, 6.45) is 4.93. The number of aryl methyl sites for hydroxylation is 1. The molecule has 0 bridgehead atoms. The van der Waals surface area contributed by atoms with Crippen LogP contribution in [0.15, 0.2) is 89.6 Å². The van der Waals surface area contributed by atoms with Crippen LogP contribution in [0.5, 0.6) is 0 Å². The van der Waals surface area contributed by atoms with Crippen molar-refractivity contribution in [1.29, 1.82) is 0 Å². The molecule has 1 radical (unpaired) electrons. The molecule has 0 aliphatic carbocycles. The molecule has 0 aliphatic heterocycles. The number of nitrogens with zero attached hydrogens (tertiary/aromatic N) is 2. The molecule has 0 spiro atoms. The predicted octanol–water partition coefficient (Wildman–Crippen LogP) is 9.19. The summed E-state index contributed by atoms with van der Waals surface area (Å²) in [4.78, 5) is 9.05. The molecule has 0 fully saturated rings. The van der Waals surface area contributed by atoms with Crippen LogP contribution in [-0.4, -0.2) is 23.2 Å². The molecule has 6 rings (SSSR count). The molecule has 0 atom stereocenters. The zero-order chi connectivity index (χ0) is 29.1. The van der Waals surface area contributed by atoms with E-state index in [1.807, 2.05) is 48.8 Å². The Kier molecular flexibility index (Phi) is 10.2. The molecule has 3 aromatic carbocycles. The van der Waals surface area contributed by atoms with E-state index in [4.69, 9.17) is 4.42 Å². The molecule has 3 aromatic heterocycles. The van der Waals surface area contributed by atoms with E-state index in [0.29, 0.717) is 5.92 Å². The first-order chi connectivity index (χ1) is 19.6. The van der Waals surface area contributed by atoms with Gasteiger partial charge in [-0.25, -0.2) is 0 Å². The van der Waals surface area contributed by atoms with Crippen LogP contribution < -0.4 is 4.40 Å². The smallest absolute Gasteiger partial charge is 0.120 e. The summed E-state index contributed by atoms with van der Waals surface area (Å²) in [6, 6.07) is 29.1. The van der Waals surface area contributed by atoms with E-state index in [9.17, 15) is 4.39 Å². The van der Waals surface area contributed by atoms with Gasteiger partial charge in [0.25, 0.3) is 0 Å². The van der Waals surface area contributed by atoms with Gasteiger partial charge in [-0.2, -0.15) is 0 Å². The Hall–Kier alpha value is -3.12. The molecular formula is C36H35FGeIrN2O-2. The maximum absolute atomic E-state index is 13.0. The second-order valence-electron chi connectivity index (χ2n) is 11.9. The standard InChI is InChI=1S/C18H23FGeN.C18H12NO.Ir/c1-13(2)10-15-11-18(14-6-8-16(19)9-7-14)21-12-17(15)20(3,4)5;1-12-9-10-19-16(11-12)15-7-4-6-14-13-5-2-3-8-17(13)20-18(14)15;/h6,8-9,11-13H,10H2,1-5H3;2-6,8-11H,1H3;/q2*-1;. The van der Waals surface area contributed by atoms with Gasteiger partial charge in [0.1, 0.15) is 5.58 Å². The zero-order valence-electron chi connectivity index (χ0n) is 24.9. The van der Waals surface area contributed by atoms with Crippen LogP contribution in [0.1, 0.15) is 25.0 Å². The van der Waals surface area contributed by atoms with Crippen molar-refractivity contribution >= 4 is 39.6 Å². The molecule has 42 heavy (non-hydrogen) atoms. The third-order valence-electron chi connectivity index (χ3n) is 6.99. The van der Waals surface area contributed by atoms with Gasteiger partial charge < -0.3 is 9.40 Å². The van der Waals surface area contributed by atoms with Crippen LogP contribution in [0, 0.1) is 30.8 Å². The number of para-hydroxylation sites is 1. The maximum Gasteiger partial charge on any atom is 0.120 e. The Morgan fingerprint density at radius 2 is 1.69 bits per heavy atom. The number of benzene rings is 3. The summed E-state index contributed by atoms with van der Waals surface area (Å²) in [7, 11) is 0. The fourth-order valence-corrected chi connectivity index (χ4v) is 8.38. The molecule has 217 valence electrons. The number of fused-ring (bicyclic) bond motifs is 3. The molecule has 0 aliphatic rings. The summed E-state index contributed by atoms with van der Waals surface area (Å²) in [5.41, 5.74) is 7.90. The first-order valence-electron chi connectivity index (χ1n) is 14.0. The van der Waals surface area contributed by atoms with Gasteiger partial charge in [-0.1, -0.05) is 40.8 Å². The van der Waals surface area contributed by atoms with E-state index >= 15 is 0 Å². The molecule has 0 saturated carbocycles. The van der Waals surface area contributed by atoms with Crippen LogP contribution in [-0.2, 0) is 26.5 Å². The summed E-state index contributed by atoms with van der Waals surface area (Å²) in [5.74, 6) is 7.53. The molecule has 0 unspecified atom stereocenters. The van der Waals surface area contributed by atoms with Crippen molar-refractivity contribution in [2.45, 2.75) is 44.5 Å². The monoisotopic (exact) mass is 797 g/mol. The van der Waals surface area contributed by atoms with Gasteiger partial charge in [-0.05, 0) is 24.8 Å². The van der Waals surface area contributed by atoms with E-state index in [1.54, 1.807) is 6.07 Å². The molecule has 6 aromatic rings. The molecule has 0 N–H and O–H groups in total. The van der Waals surface area contributed by atoms with Crippen molar-refractivity contribution in [1.82, 2.24) is 9.97 Å². The van der Waals surface area contributed by atoms with Gasteiger partial charge in [-0.15, -0.1) is 18.2 Å². The predicted molar refractivity (Wildman–Crippen MR) is 171 cm³/mol. The molecule has 3 heterocycles. The Morgan fingerprint density at radius 3 is 2.38 bits per heavy atom. The van der Waals surface area contributed by atoms with E-state index in [2.05, 4.69) is 78.3 Å². The van der Waals surface area contributed by atoms with Crippen LogP contribution in [0.2, 0.25) is 17.3 Å². The SMILES string of the molecule is CC(C)Cc1cc(-c2[c-]cc(F)cc2)nc[c]1[Ge]([CH3])([CH3])[CH3].Cc1ccnc(-c2[c-]ccc3c2oc2ccccc23)c1.[Ir]. The Morgan fingerprint density at radius 1 is 0.905 bits per heavy atom. The number of hydrogen-bond acceptors (Lipinski definition) is 3. The topological polar surface area (TPSA) is 38.9 Å². The largest absolute Gasteiger partial charge is 0.501 e. The minimum Gasteiger partial charge on any atom is -0.501 e. The number of furan rings is 1. The second-order valence-corrected chi connectivity index (χ2v) is 22.5. The third kappa shape index (κ3) is 7.26. The summed E-state index contributed by atoms with van der Waals surface area (Å²) in [6.45, 7) is 6.54. The minimum absolute atomic E-state index is 0. The molecule has 0 saturated heterocycles. The first kappa shape index (κ1) is 31.8. The Labute approximate surface area is 264 Å². The van der Waals surface area contributed by atoms with Crippen molar-refractivity contribution in [3.8, 4) is 22.5 Å². The Bertz CT molecular complexity index is 1810. The third-order valence-corrected chi connectivity index (χ3v) is 11.3. The number of aromatic nitrogens is 2. The quantitative estimate of drug-likeness (QED) is 0.129. The molecule has 3 nitrogen and oxygen atoms in total. The Balaban J connectivity index is 0.000000188. The van der Waals surface area contributed by atoms with Gasteiger partial charge in [0, 0.05) is 31.7 Å². The average Bonchev–Trinajstić information content (AvgIpc) is 3.32. The summed E-state index contributed by atoms with van der Waals surface area (Å²) < 4.78 is 20.5. The van der Waals surface area contributed by atoms with Crippen molar-refractivity contribution in [2.24, 2.45) is 5.92 Å². The van der Waals surface area contributed by atoms with Gasteiger partial charge in [0.2, 0.25) is 0 Å². The van der Waals surface area contributed by atoms with E-state index < -0.39 is 13.3 Å². The molecule has 0 amide bonds. The van der Waals surface area contributed by atoms with Gasteiger partial charge in [0.15, 0.2) is 0 Å². The van der Waals surface area contributed by atoms with E-state index in [1.165, 1.54) is 27.7 Å². The van der Waals surface area contributed by atoms with Gasteiger partial charge >= 0.3 is 130 Å². The average molecular weight is 796 g/mol. The van der Waals surface area contributed by atoms with Crippen LogP contribution in [0.4, 0.5) is 4.39 Å². The fourth-order valence-electron chi connectivity index (χ4n) is 5.05. The number of rotatable bonds is 5. The number of pyridine rings is 2. The van der Waals surface area contributed by atoms with Gasteiger partial charge in [-0.3, -0.25) is 0 Å². The number of halogens is 1. The normalized spacial score (nSPS) is 11.3. The van der Waals surface area contributed by atoms with Crippen molar-refractivity contribution in [3.05, 3.63) is 114 Å². The van der Waals surface area contributed by atoms with Crippen LogP contribution >= 0.6 is 0 Å². The fraction of sp³-hybridized carbons (Fsp3) is 0.222. The second kappa shape index (κ2) is 13.5. The molecule has 6 heteroatoms. The molecular weight excluding hydrogens is 760 g/mol. The van der Waals surface area contributed by atoms with E-state index in [-0.39, 0.29) is 25.9 Å².